The second-order valence-electron chi connectivity index (χ2n) is 3.94. The van der Waals surface area contributed by atoms with Gasteiger partial charge in [0.15, 0.2) is 0 Å². The smallest absolute Gasteiger partial charge is 0.337 e. The van der Waals surface area contributed by atoms with Crippen LogP contribution in [0.2, 0.25) is 0 Å². The zero-order chi connectivity index (χ0) is 10.8. The SMILES string of the molecule is O=C(O)c1ccc(=O)[nH]c1C1CCCC1. The minimum absolute atomic E-state index is 0.213. The molecule has 1 heterocycles. The van der Waals surface area contributed by atoms with Crippen LogP contribution in [0.15, 0.2) is 16.9 Å². The largest absolute Gasteiger partial charge is 0.478 e. The van der Waals surface area contributed by atoms with Crippen molar-refractivity contribution in [2.45, 2.75) is 31.6 Å². The summed E-state index contributed by atoms with van der Waals surface area (Å²) in [6, 6.07) is 2.66. The lowest BCUT2D eigenvalue weighted by Crippen LogP contribution is -2.15. The number of rotatable bonds is 2. The molecule has 1 fully saturated rings. The minimum Gasteiger partial charge on any atom is -0.478 e. The Morgan fingerprint density at radius 3 is 2.60 bits per heavy atom. The van der Waals surface area contributed by atoms with E-state index in [2.05, 4.69) is 4.98 Å². The Balaban J connectivity index is 2.46. The quantitative estimate of drug-likeness (QED) is 0.775. The van der Waals surface area contributed by atoms with Crippen molar-refractivity contribution in [1.82, 2.24) is 4.98 Å². The maximum atomic E-state index is 11.2. The highest BCUT2D eigenvalue weighted by Crippen LogP contribution is 2.34. The number of nitrogens with one attached hydrogen (secondary N) is 1. The molecule has 1 aliphatic rings. The van der Waals surface area contributed by atoms with E-state index in [0.717, 1.165) is 25.7 Å². The number of hydrogen-bond donors (Lipinski definition) is 2. The van der Waals surface area contributed by atoms with E-state index in [4.69, 9.17) is 5.11 Å². The molecule has 4 heteroatoms. The van der Waals surface area contributed by atoms with Crippen molar-refractivity contribution in [3.05, 3.63) is 33.7 Å². The molecule has 0 atom stereocenters. The summed E-state index contributed by atoms with van der Waals surface area (Å²) < 4.78 is 0. The molecule has 0 bridgehead atoms. The fourth-order valence-corrected chi connectivity index (χ4v) is 2.21. The summed E-state index contributed by atoms with van der Waals surface area (Å²) in [5, 5.41) is 8.99. The number of aromatic amines is 1. The lowest BCUT2D eigenvalue weighted by Gasteiger charge is -2.11. The van der Waals surface area contributed by atoms with E-state index in [0.29, 0.717) is 5.69 Å². The summed E-state index contributed by atoms with van der Waals surface area (Å²) in [7, 11) is 0. The monoisotopic (exact) mass is 207 g/mol. The highest BCUT2D eigenvalue weighted by atomic mass is 16.4. The number of carbonyl (C=O) groups is 1. The molecule has 2 rings (SSSR count). The van der Waals surface area contributed by atoms with Crippen molar-refractivity contribution in [1.29, 1.82) is 0 Å². The number of carboxylic acids is 1. The molecule has 0 saturated heterocycles. The third-order valence-corrected chi connectivity index (χ3v) is 2.94. The van der Waals surface area contributed by atoms with Gasteiger partial charge in [-0.2, -0.15) is 0 Å². The van der Waals surface area contributed by atoms with Crippen LogP contribution in [-0.4, -0.2) is 16.1 Å². The molecular formula is C11H13NO3. The van der Waals surface area contributed by atoms with E-state index >= 15 is 0 Å². The normalized spacial score (nSPS) is 16.8. The highest BCUT2D eigenvalue weighted by molar-refractivity contribution is 5.88. The van der Waals surface area contributed by atoms with Gasteiger partial charge in [-0.1, -0.05) is 12.8 Å². The van der Waals surface area contributed by atoms with Crippen LogP contribution < -0.4 is 5.56 Å². The zero-order valence-electron chi connectivity index (χ0n) is 8.32. The van der Waals surface area contributed by atoms with E-state index in [-0.39, 0.29) is 17.0 Å². The maximum absolute atomic E-state index is 11.2. The van der Waals surface area contributed by atoms with Crippen LogP contribution in [0.1, 0.15) is 47.7 Å². The van der Waals surface area contributed by atoms with Crippen molar-refractivity contribution in [3.8, 4) is 0 Å². The Bertz CT molecular complexity index is 430. The van der Waals surface area contributed by atoms with Crippen LogP contribution in [0.5, 0.6) is 0 Å². The van der Waals surface area contributed by atoms with E-state index in [1.54, 1.807) is 0 Å². The molecule has 0 spiro atoms. The van der Waals surface area contributed by atoms with Gasteiger partial charge in [0.1, 0.15) is 0 Å². The van der Waals surface area contributed by atoms with Gasteiger partial charge in [-0.15, -0.1) is 0 Å². The van der Waals surface area contributed by atoms with Gasteiger partial charge < -0.3 is 10.1 Å². The third-order valence-electron chi connectivity index (χ3n) is 2.94. The predicted octanol–water partition coefficient (Wildman–Crippen LogP) is 1.73. The topological polar surface area (TPSA) is 70.2 Å². The van der Waals surface area contributed by atoms with Gasteiger partial charge in [-0.25, -0.2) is 4.79 Å². The number of pyridine rings is 1. The number of aromatic nitrogens is 1. The predicted molar refractivity (Wildman–Crippen MR) is 55.2 cm³/mol. The molecule has 0 aliphatic heterocycles. The molecule has 80 valence electrons. The molecule has 0 unspecified atom stereocenters. The fraction of sp³-hybridized carbons (Fsp3) is 0.455. The van der Waals surface area contributed by atoms with Gasteiger partial charge in [0.05, 0.1) is 5.56 Å². The van der Waals surface area contributed by atoms with Crippen molar-refractivity contribution >= 4 is 5.97 Å². The van der Waals surface area contributed by atoms with Crippen molar-refractivity contribution < 1.29 is 9.90 Å². The first kappa shape index (κ1) is 9.96. The fourth-order valence-electron chi connectivity index (χ4n) is 2.21. The van der Waals surface area contributed by atoms with E-state index in [1.165, 1.54) is 12.1 Å². The third kappa shape index (κ3) is 1.93. The van der Waals surface area contributed by atoms with Crippen LogP contribution in [0.3, 0.4) is 0 Å². The Kier molecular flexibility index (Phi) is 2.58. The van der Waals surface area contributed by atoms with Crippen LogP contribution >= 0.6 is 0 Å². The van der Waals surface area contributed by atoms with Gasteiger partial charge in [-0.3, -0.25) is 4.79 Å². The van der Waals surface area contributed by atoms with Crippen molar-refractivity contribution in [2.24, 2.45) is 0 Å². The van der Waals surface area contributed by atoms with Gasteiger partial charge in [0.25, 0.3) is 0 Å². The number of carboxylic acid groups (broad SMARTS) is 1. The first-order valence-corrected chi connectivity index (χ1v) is 5.15. The molecular weight excluding hydrogens is 194 g/mol. The van der Waals surface area contributed by atoms with E-state index in [1.807, 2.05) is 0 Å². The second-order valence-corrected chi connectivity index (χ2v) is 3.94. The summed E-state index contributed by atoms with van der Waals surface area (Å²) in [5.41, 5.74) is 0.621. The average molecular weight is 207 g/mol. The lowest BCUT2D eigenvalue weighted by molar-refractivity contribution is 0.0694. The van der Waals surface area contributed by atoms with Gasteiger partial charge in [0, 0.05) is 11.8 Å². The number of aromatic carboxylic acids is 1. The van der Waals surface area contributed by atoms with Gasteiger partial charge >= 0.3 is 5.97 Å². The molecule has 0 aromatic carbocycles. The highest BCUT2D eigenvalue weighted by Gasteiger charge is 2.23. The molecule has 15 heavy (non-hydrogen) atoms. The van der Waals surface area contributed by atoms with Crippen molar-refractivity contribution in [2.75, 3.05) is 0 Å². The lowest BCUT2D eigenvalue weighted by atomic mass is 9.99. The summed E-state index contributed by atoms with van der Waals surface area (Å²) in [5.74, 6) is -0.752. The molecule has 2 N–H and O–H groups in total. The number of hydrogen-bond acceptors (Lipinski definition) is 2. The molecule has 0 radical (unpaired) electrons. The van der Waals surface area contributed by atoms with E-state index < -0.39 is 5.97 Å². The molecule has 4 nitrogen and oxygen atoms in total. The Hall–Kier alpha value is -1.58. The van der Waals surface area contributed by atoms with Crippen LogP contribution in [0.4, 0.5) is 0 Å². The zero-order valence-corrected chi connectivity index (χ0v) is 8.32. The van der Waals surface area contributed by atoms with Gasteiger partial charge in [-0.05, 0) is 24.8 Å². The van der Waals surface area contributed by atoms with Crippen molar-refractivity contribution in [3.63, 3.8) is 0 Å². The Morgan fingerprint density at radius 2 is 2.00 bits per heavy atom. The van der Waals surface area contributed by atoms with Crippen LogP contribution in [0, 0.1) is 0 Å². The van der Waals surface area contributed by atoms with E-state index in [9.17, 15) is 9.59 Å². The molecule has 1 aromatic heterocycles. The van der Waals surface area contributed by atoms with Crippen LogP contribution in [0.25, 0.3) is 0 Å². The second kappa shape index (κ2) is 3.88. The first-order chi connectivity index (χ1) is 7.18. The summed E-state index contributed by atoms with van der Waals surface area (Å²) in [6.07, 6.45) is 4.17. The maximum Gasteiger partial charge on any atom is 0.337 e. The molecule has 1 aliphatic carbocycles. The summed E-state index contributed by atoms with van der Waals surface area (Å²) in [6.45, 7) is 0. The summed E-state index contributed by atoms with van der Waals surface area (Å²) >= 11 is 0. The summed E-state index contributed by atoms with van der Waals surface area (Å²) in [4.78, 5) is 24.8. The molecule has 1 saturated carbocycles. The minimum atomic E-state index is -0.965. The Morgan fingerprint density at radius 1 is 1.33 bits per heavy atom. The molecule has 0 amide bonds. The first-order valence-electron chi connectivity index (χ1n) is 5.15. The van der Waals surface area contributed by atoms with Gasteiger partial charge in [0.2, 0.25) is 5.56 Å². The molecule has 1 aromatic rings. The average Bonchev–Trinajstić information content (AvgIpc) is 2.69. The standard InChI is InChI=1S/C11H13NO3/c13-9-6-5-8(11(14)15)10(12-9)7-3-1-2-4-7/h5-7H,1-4H2,(H,12,13)(H,14,15). The Labute approximate surface area is 87.0 Å². The number of H-pyrrole nitrogens is 1. The van der Waals surface area contributed by atoms with Crippen LogP contribution in [-0.2, 0) is 0 Å².